The fraction of sp³-hybridized carbons (Fsp3) is 0.500. The van der Waals surface area contributed by atoms with Crippen LogP contribution in [-0.2, 0) is 0 Å². The second-order valence-corrected chi connectivity index (χ2v) is 3.37. The van der Waals surface area contributed by atoms with Crippen molar-refractivity contribution >= 4 is 17.5 Å². The molecule has 0 saturated carbocycles. The molecule has 1 rings (SSSR count). The van der Waals surface area contributed by atoms with Crippen molar-refractivity contribution in [2.75, 3.05) is 30.0 Å². The number of rotatable bonds is 3. The van der Waals surface area contributed by atoms with Crippen LogP contribution in [-0.4, -0.2) is 35.4 Å². The summed E-state index contributed by atoms with van der Waals surface area (Å²) in [5, 5.41) is 11.7. The minimum atomic E-state index is -0.823. The van der Waals surface area contributed by atoms with Gasteiger partial charge < -0.3 is 21.1 Å². The largest absolute Gasteiger partial charge is 0.391 e. The Balaban J connectivity index is 3.19. The molecule has 0 spiro atoms. The second-order valence-electron chi connectivity index (χ2n) is 3.37. The maximum Gasteiger partial charge on any atom is 0.277 e. The van der Waals surface area contributed by atoms with Crippen LogP contribution in [0.4, 0.5) is 17.5 Å². The van der Waals surface area contributed by atoms with E-state index in [0.717, 1.165) is 0 Å². The van der Waals surface area contributed by atoms with E-state index in [1.165, 1.54) is 6.92 Å². The van der Waals surface area contributed by atoms with E-state index in [1.807, 2.05) is 0 Å². The molecular weight excluding hydrogens is 198 g/mol. The van der Waals surface area contributed by atoms with Crippen molar-refractivity contribution in [3.05, 3.63) is 10.4 Å². The molecule has 84 valence electrons. The lowest BCUT2D eigenvalue weighted by Gasteiger charge is -2.15. The number of aliphatic hydroxyl groups excluding tert-OH is 1. The van der Waals surface area contributed by atoms with E-state index in [0.29, 0.717) is 5.95 Å². The van der Waals surface area contributed by atoms with E-state index in [4.69, 9.17) is 10.8 Å². The molecule has 1 aromatic rings. The fourth-order valence-electron chi connectivity index (χ4n) is 0.990. The molecule has 1 heterocycles. The van der Waals surface area contributed by atoms with E-state index in [9.17, 15) is 4.79 Å². The number of nitrogens with two attached hydrogens (primary N) is 1. The summed E-state index contributed by atoms with van der Waals surface area (Å²) in [6, 6.07) is 0. The Labute approximate surface area is 86.9 Å². The molecule has 5 N–H and O–H groups in total. The van der Waals surface area contributed by atoms with E-state index < -0.39 is 11.8 Å². The highest BCUT2D eigenvalue weighted by Crippen LogP contribution is 2.13. The monoisotopic (exact) mass is 213 g/mol. The van der Waals surface area contributed by atoms with Crippen LogP contribution < -0.4 is 21.5 Å². The van der Waals surface area contributed by atoms with Crippen molar-refractivity contribution < 1.29 is 5.11 Å². The predicted octanol–water partition coefficient (Wildman–Crippen LogP) is -0.832. The molecule has 1 unspecified atom stereocenters. The average molecular weight is 213 g/mol. The highest BCUT2D eigenvalue weighted by Gasteiger charge is 2.10. The molecule has 15 heavy (non-hydrogen) atoms. The average Bonchev–Trinajstić information content (AvgIpc) is 2.11. The summed E-state index contributed by atoms with van der Waals surface area (Å²) in [5.41, 5.74) is 5.03. The predicted molar refractivity (Wildman–Crippen MR) is 58.9 cm³/mol. The Hall–Kier alpha value is -1.76. The number of H-pyrrole nitrogens is 1. The van der Waals surface area contributed by atoms with Crippen LogP contribution in [0, 0.1) is 0 Å². The van der Waals surface area contributed by atoms with Crippen LogP contribution >= 0.6 is 0 Å². The molecule has 0 amide bonds. The van der Waals surface area contributed by atoms with Crippen LogP contribution in [0.3, 0.4) is 0 Å². The number of nitrogens with one attached hydrogen (secondary N) is 2. The minimum Gasteiger partial charge on any atom is -0.391 e. The van der Waals surface area contributed by atoms with Crippen LogP contribution in [0.15, 0.2) is 4.79 Å². The van der Waals surface area contributed by atoms with Crippen LogP contribution in [0.2, 0.25) is 0 Å². The van der Waals surface area contributed by atoms with Gasteiger partial charge >= 0.3 is 0 Å². The van der Waals surface area contributed by atoms with Crippen molar-refractivity contribution in [3.63, 3.8) is 0 Å². The second kappa shape index (κ2) is 4.18. The molecule has 0 bridgehead atoms. The third-order valence-corrected chi connectivity index (χ3v) is 1.71. The van der Waals surface area contributed by atoms with Crippen molar-refractivity contribution in [2.45, 2.75) is 13.2 Å². The van der Waals surface area contributed by atoms with Gasteiger partial charge in [0.25, 0.3) is 5.56 Å². The van der Waals surface area contributed by atoms with E-state index in [-0.39, 0.29) is 11.5 Å². The molecule has 0 fully saturated rings. The van der Waals surface area contributed by atoms with Gasteiger partial charge in [0.1, 0.15) is 11.9 Å². The summed E-state index contributed by atoms with van der Waals surface area (Å²) in [5.74, 6) is 0.551. The lowest BCUT2D eigenvalue weighted by molar-refractivity contribution is 0.224. The summed E-state index contributed by atoms with van der Waals surface area (Å²) in [6.07, 6.45) is -0.823. The van der Waals surface area contributed by atoms with E-state index >= 15 is 0 Å². The summed E-state index contributed by atoms with van der Waals surface area (Å²) >= 11 is 0. The van der Waals surface area contributed by atoms with Crippen LogP contribution in [0.1, 0.15) is 6.92 Å². The lowest BCUT2D eigenvalue weighted by Crippen LogP contribution is -2.25. The molecular formula is C8H15N5O2. The number of aromatic amines is 1. The third kappa shape index (κ3) is 2.59. The van der Waals surface area contributed by atoms with Crippen molar-refractivity contribution in [3.8, 4) is 0 Å². The SMILES string of the molecule is CC(O)Nc1nc(N(C)C)[nH]c(=O)c1N. The maximum absolute atomic E-state index is 11.4. The Morgan fingerprint density at radius 3 is 2.67 bits per heavy atom. The van der Waals surface area contributed by atoms with Gasteiger partial charge in [-0.1, -0.05) is 0 Å². The quantitative estimate of drug-likeness (QED) is 0.488. The number of anilines is 3. The highest BCUT2D eigenvalue weighted by atomic mass is 16.3. The molecule has 0 aliphatic rings. The Morgan fingerprint density at radius 2 is 2.20 bits per heavy atom. The van der Waals surface area contributed by atoms with Crippen LogP contribution in [0.5, 0.6) is 0 Å². The maximum atomic E-state index is 11.4. The number of hydrogen-bond acceptors (Lipinski definition) is 6. The van der Waals surface area contributed by atoms with Gasteiger partial charge in [0, 0.05) is 14.1 Å². The highest BCUT2D eigenvalue weighted by molar-refractivity contribution is 5.61. The first-order chi connectivity index (χ1) is 6.91. The van der Waals surface area contributed by atoms with Gasteiger partial charge in [-0.05, 0) is 6.92 Å². The van der Waals surface area contributed by atoms with Gasteiger partial charge in [-0.3, -0.25) is 9.78 Å². The topological polar surface area (TPSA) is 107 Å². The molecule has 1 aromatic heterocycles. The minimum absolute atomic E-state index is 0.0403. The normalized spacial score (nSPS) is 12.3. The molecule has 7 heteroatoms. The Bertz CT molecular complexity index is 399. The van der Waals surface area contributed by atoms with E-state index in [2.05, 4.69) is 15.3 Å². The Morgan fingerprint density at radius 1 is 1.60 bits per heavy atom. The van der Waals surface area contributed by atoms with Gasteiger partial charge in [0.15, 0.2) is 5.82 Å². The fourth-order valence-corrected chi connectivity index (χ4v) is 0.990. The van der Waals surface area contributed by atoms with Crippen LogP contribution in [0.25, 0.3) is 0 Å². The summed E-state index contributed by atoms with van der Waals surface area (Å²) in [4.78, 5) is 19.6. The first-order valence-corrected chi connectivity index (χ1v) is 4.43. The number of aliphatic hydroxyl groups is 1. The molecule has 0 saturated heterocycles. The summed E-state index contributed by atoms with van der Waals surface area (Å²) in [7, 11) is 3.47. The molecule has 0 radical (unpaired) electrons. The zero-order valence-electron chi connectivity index (χ0n) is 8.90. The first kappa shape index (κ1) is 11.3. The van der Waals surface area contributed by atoms with Gasteiger partial charge in [-0.15, -0.1) is 0 Å². The number of nitrogen functional groups attached to an aromatic ring is 1. The number of aromatic nitrogens is 2. The first-order valence-electron chi connectivity index (χ1n) is 4.43. The van der Waals surface area contributed by atoms with Gasteiger partial charge in [0.05, 0.1) is 0 Å². The smallest absolute Gasteiger partial charge is 0.277 e. The van der Waals surface area contributed by atoms with Crippen molar-refractivity contribution in [2.24, 2.45) is 0 Å². The number of hydrogen-bond donors (Lipinski definition) is 4. The van der Waals surface area contributed by atoms with E-state index in [1.54, 1.807) is 19.0 Å². The van der Waals surface area contributed by atoms with Gasteiger partial charge in [-0.2, -0.15) is 4.98 Å². The van der Waals surface area contributed by atoms with Crippen molar-refractivity contribution in [1.82, 2.24) is 9.97 Å². The number of nitrogens with zero attached hydrogens (tertiary/aromatic N) is 2. The summed E-state index contributed by atoms with van der Waals surface area (Å²) in [6.45, 7) is 1.51. The van der Waals surface area contributed by atoms with Gasteiger partial charge in [0.2, 0.25) is 5.95 Å². The third-order valence-electron chi connectivity index (χ3n) is 1.71. The Kier molecular flexibility index (Phi) is 3.15. The summed E-state index contributed by atoms with van der Waals surface area (Å²) < 4.78 is 0. The molecule has 7 nitrogen and oxygen atoms in total. The van der Waals surface area contributed by atoms with Crippen molar-refractivity contribution in [1.29, 1.82) is 0 Å². The van der Waals surface area contributed by atoms with Gasteiger partial charge in [-0.25, -0.2) is 0 Å². The molecule has 0 aliphatic carbocycles. The molecule has 1 atom stereocenters. The molecule has 0 aromatic carbocycles. The zero-order valence-corrected chi connectivity index (χ0v) is 8.90. The zero-order chi connectivity index (χ0) is 11.6. The lowest BCUT2D eigenvalue weighted by atomic mass is 10.4. The standard InChI is InChI=1S/C8H15N5O2/c1-4(14)10-6-5(9)7(15)12-8(11-6)13(2)3/h4,14H,9H2,1-3H3,(H2,10,11,12,15). The molecule has 0 aliphatic heterocycles.